The molecule has 2 N–H and O–H groups in total. The quantitative estimate of drug-likeness (QED) is 0.643. The lowest BCUT2D eigenvalue weighted by atomic mass is 10.1. The molecule has 1 aromatic carbocycles. The Hall–Kier alpha value is -1.00. The van der Waals surface area contributed by atoms with Crippen LogP contribution in [0.2, 0.25) is 0 Å². The highest BCUT2D eigenvalue weighted by Crippen LogP contribution is 2.21. The van der Waals surface area contributed by atoms with E-state index in [1.807, 2.05) is 18.2 Å². The van der Waals surface area contributed by atoms with Crippen LogP contribution in [0.15, 0.2) is 24.3 Å². The van der Waals surface area contributed by atoms with Gasteiger partial charge >= 0.3 is 8.25 Å². The monoisotopic (exact) mass is 287 g/mol. The normalized spacial score (nSPS) is 9.95. The Kier molecular flexibility index (Phi) is 10.3. The van der Waals surface area contributed by atoms with E-state index in [1.165, 1.54) is 0 Å². The minimum Gasteiger partial charge on any atom is -0.326 e. The molecular formula is C13H22NO4P. The van der Waals surface area contributed by atoms with Crippen molar-refractivity contribution in [2.75, 3.05) is 13.2 Å². The maximum Gasteiger partial charge on any atom is 0.319 e. The molecule has 1 aromatic rings. The van der Waals surface area contributed by atoms with Gasteiger partial charge in [0.2, 0.25) is 0 Å². The number of hydrogen-bond donors (Lipinski definition) is 1. The van der Waals surface area contributed by atoms with E-state index in [4.69, 9.17) is 5.73 Å². The molecule has 0 aliphatic carbocycles. The largest absolute Gasteiger partial charge is 0.326 e. The van der Waals surface area contributed by atoms with Gasteiger partial charge in [-0.1, -0.05) is 24.3 Å². The van der Waals surface area contributed by atoms with E-state index in [0.29, 0.717) is 19.8 Å². The summed E-state index contributed by atoms with van der Waals surface area (Å²) < 4.78 is 19.6. The van der Waals surface area contributed by atoms with Crippen molar-refractivity contribution in [3.8, 4) is 0 Å². The molecule has 0 atom stereocenters. The van der Waals surface area contributed by atoms with Gasteiger partial charge in [-0.15, -0.1) is 0 Å². The smallest absolute Gasteiger partial charge is 0.319 e. The highest BCUT2D eigenvalue weighted by Gasteiger charge is 2.02. The number of ketones is 1. The van der Waals surface area contributed by atoms with E-state index >= 15 is 0 Å². The second kappa shape index (κ2) is 10.9. The number of carbonyl (C=O) groups excluding carboxylic acids is 1. The summed E-state index contributed by atoms with van der Waals surface area (Å²) in [6.07, 6.45) is 0. The first kappa shape index (κ1) is 18.0. The molecule has 0 bridgehead atoms. The van der Waals surface area contributed by atoms with Crippen LogP contribution >= 0.6 is 8.25 Å². The fourth-order valence-electron chi connectivity index (χ4n) is 1.32. The number of hydrogen-bond acceptors (Lipinski definition) is 5. The van der Waals surface area contributed by atoms with Crippen molar-refractivity contribution < 1.29 is 18.4 Å². The van der Waals surface area contributed by atoms with Crippen LogP contribution in [-0.2, 0) is 20.2 Å². The maximum absolute atomic E-state index is 11.0. The molecule has 0 amide bonds. The minimum absolute atomic E-state index is 0.0750. The van der Waals surface area contributed by atoms with E-state index < -0.39 is 8.25 Å². The van der Waals surface area contributed by atoms with Crippen molar-refractivity contribution in [1.29, 1.82) is 0 Å². The first-order valence-electron chi connectivity index (χ1n) is 6.15. The molecule has 108 valence electrons. The molecule has 1 rings (SSSR count). The number of nitrogens with two attached hydrogens (primary N) is 1. The lowest BCUT2D eigenvalue weighted by Crippen LogP contribution is -2.04. The standard InChI is InChI=1S/C9H11NO.C4H11O3P/c1-7(11)9-5-3-2-4-8(9)6-10;1-3-6-8(5)7-4-2/h2-5H,6,10H2,1H3;8H,3-4H2,1-2H3. The zero-order chi connectivity index (χ0) is 14.7. The van der Waals surface area contributed by atoms with Crippen molar-refractivity contribution in [2.24, 2.45) is 5.73 Å². The summed E-state index contributed by atoms with van der Waals surface area (Å²) in [7, 11) is -2.14. The SMILES string of the molecule is CC(=O)c1ccccc1CN.CCO[PH](=O)OCC. The van der Waals surface area contributed by atoms with Crippen LogP contribution in [0.4, 0.5) is 0 Å². The average molecular weight is 287 g/mol. The molecule has 0 heterocycles. The van der Waals surface area contributed by atoms with Gasteiger partial charge in [-0.05, 0) is 26.3 Å². The van der Waals surface area contributed by atoms with Crippen molar-refractivity contribution in [3.05, 3.63) is 35.4 Å². The fourth-order valence-corrected chi connectivity index (χ4v) is 1.87. The van der Waals surface area contributed by atoms with Gasteiger partial charge in [0.1, 0.15) is 0 Å². The van der Waals surface area contributed by atoms with Crippen molar-refractivity contribution in [2.45, 2.75) is 27.3 Å². The molecule has 0 aromatic heterocycles. The molecule has 19 heavy (non-hydrogen) atoms. The van der Waals surface area contributed by atoms with Gasteiger partial charge in [0.05, 0.1) is 13.2 Å². The average Bonchev–Trinajstić information content (AvgIpc) is 2.40. The van der Waals surface area contributed by atoms with E-state index in [2.05, 4.69) is 9.05 Å². The van der Waals surface area contributed by atoms with Crippen LogP contribution < -0.4 is 5.73 Å². The zero-order valence-corrected chi connectivity index (χ0v) is 12.6. The van der Waals surface area contributed by atoms with Gasteiger partial charge in [0.15, 0.2) is 5.78 Å². The summed E-state index contributed by atoms with van der Waals surface area (Å²) in [6.45, 7) is 6.45. The second-order valence-electron chi connectivity index (χ2n) is 3.53. The van der Waals surface area contributed by atoms with Gasteiger partial charge < -0.3 is 14.8 Å². The molecule has 0 saturated heterocycles. The molecule has 5 nitrogen and oxygen atoms in total. The molecule has 0 fully saturated rings. The summed E-state index contributed by atoms with van der Waals surface area (Å²) >= 11 is 0. The zero-order valence-electron chi connectivity index (χ0n) is 11.6. The van der Waals surface area contributed by atoms with Gasteiger partial charge in [-0.3, -0.25) is 9.36 Å². The number of carbonyl (C=O) groups is 1. The third kappa shape index (κ3) is 7.90. The summed E-state index contributed by atoms with van der Waals surface area (Å²) in [5.74, 6) is 0.0750. The molecule has 0 unspecified atom stereocenters. The molecule has 0 radical (unpaired) electrons. The predicted molar refractivity (Wildman–Crippen MR) is 76.6 cm³/mol. The Morgan fingerprint density at radius 1 is 1.21 bits per heavy atom. The summed E-state index contributed by atoms with van der Waals surface area (Å²) in [4.78, 5) is 11.0. The molecule has 6 heteroatoms. The Morgan fingerprint density at radius 3 is 2.11 bits per heavy atom. The van der Waals surface area contributed by atoms with Gasteiger partial charge in [0, 0.05) is 12.1 Å². The third-order valence-corrected chi connectivity index (χ3v) is 3.19. The van der Waals surface area contributed by atoms with E-state index in [-0.39, 0.29) is 5.78 Å². The molecule has 0 aliphatic heterocycles. The number of rotatable bonds is 6. The van der Waals surface area contributed by atoms with Crippen LogP contribution in [0.1, 0.15) is 36.7 Å². The Balaban J connectivity index is 0.000000362. The van der Waals surface area contributed by atoms with Crippen molar-refractivity contribution in [1.82, 2.24) is 0 Å². The van der Waals surface area contributed by atoms with E-state index in [0.717, 1.165) is 11.1 Å². The Morgan fingerprint density at radius 2 is 1.74 bits per heavy atom. The number of benzene rings is 1. The highest BCUT2D eigenvalue weighted by molar-refractivity contribution is 7.33. The first-order valence-corrected chi connectivity index (χ1v) is 7.37. The molecule has 0 spiro atoms. The molecular weight excluding hydrogens is 265 g/mol. The first-order chi connectivity index (χ1) is 9.06. The van der Waals surface area contributed by atoms with Gasteiger partial charge in [-0.2, -0.15) is 0 Å². The van der Waals surface area contributed by atoms with Gasteiger partial charge in [0.25, 0.3) is 0 Å². The minimum atomic E-state index is -2.14. The van der Waals surface area contributed by atoms with Crippen LogP contribution in [0, 0.1) is 0 Å². The summed E-state index contributed by atoms with van der Waals surface area (Å²) in [5, 5.41) is 0. The van der Waals surface area contributed by atoms with E-state index in [1.54, 1.807) is 26.8 Å². The fraction of sp³-hybridized carbons (Fsp3) is 0.462. The van der Waals surface area contributed by atoms with Crippen LogP contribution in [0.3, 0.4) is 0 Å². The second-order valence-corrected chi connectivity index (χ2v) is 4.61. The summed E-state index contributed by atoms with van der Waals surface area (Å²) in [5.41, 5.74) is 7.08. The van der Waals surface area contributed by atoms with Crippen LogP contribution in [0.25, 0.3) is 0 Å². The maximum atomic E-state index is 11.0. The predicted octanol–water partition coefficient (Wildman–Crippen LogP) is 2.80. The van der Waals surface area contributed by atoms with Crippen molar-refractivity contribution >= 4 is 14.0 Å². The Bertz CT molecular complexity index is 401. The van der Waals surface area contributed by atoms with E-state index in [9.17, 15) is 9.36 Å². The van der Waals surface area contributed by atoms with Crippen LogP contribution in [0.5, 0.6) is 0 Å². The molecule has 0 aliphatic rings. The van der Waals surface area contributed by atoms with Crippen molar-refractivity contribution in [3.63, 3.8) is 0 Å². The topological polar surface area (TPSA) is 78.6 Å². The van der Waals surface area contributed by atoms with Gasteiger partial charge in [-0.25, -0.2) is 0 Å². The van der Waals surface area contributed by atoms with Crippen LogP contribution in [-0.4, -0.2) is 19.0 Å². The number of Topliss-reactive ketones (excluding diaryl/α,β-unsaturated/α-hetero) is 1. The lowest BCUT2D eigenvalue weighted by molar-refractivity contribution is 0.101. The Labute approximate surface area is 115 Å². The highest BCUT2D eigenvalue weighted by atomic mass is 31.1. The molecule has 0 saturated carbocycles. The third-order valence-electron chi connectivity index (χ3n) is 2.14. The summed E-state index contributed by atoms with van der Waals surface area (Å²) in [6, 6.07) is 7.39. The lowest BCUT2D eigenvalue weighted by Gasteiger charge is -2.01.